The van der Waals surface area contributed by atoms with Gasteiger partial charge in [0.25, 0.3) is 0 Å². The van der Waals surface area contributed by atoms with Gasteiger partial charge in [-0.1, -0.05) is 43.1 Å². The zero-order valence-corrected chi connectivity index (χ0v) is 10.7. The van der Waals surface area contributed by atoms with E-state index in [9.17, 15) is 0 Å². The first kappa shape index (κ1) is 11.4. The molecule has 2 aromatic rings. The van der Waals surface area contributed by atoms with Crippen molar-refractivity contribution >= 4 is 22.5 Å². The maximum absolute atomic E-state index is 6.46. The Morgan fingerprint density at radius 2 is 2.00 bits per heavy atom. The van der Waals surface area contributed by atoms with Crippen LogP contribution in [0.25, 0.3) is 10.9 Å². The summed E-state index contributed by atoms with van der Waals surface area (Å²) < 4.78 is 0. The number of hydrogen-bond donors (Lipinski definition) is 0. The molecule has 0 atom stereocenters. The maximum Gasteiger partial charge on any atom is 0.0749 e. The van der Waals surface area contributed by atoms with Crippen LogP contribution < -0.4 is 0 Å². The molecule has 0 aliphatic carbocycles. The van der Waals surface area contributed by atoms with Crippen LogP contribution in [0, 0.1) is 13.8 Å². The van der Waals surface area contributed by atoms with Crippen molar-refractivity contribution in [2.24, 2.45) is 0 Å². The van der Waals surface area contributed by atoms with E-state index in [1.165, 1.54) is 11.1 Å². The number of aryl methyl sites for hydroxylation is 2. The summed E-state index contributed by atoms with van der Waals surface area (Å²) in [4.78, 5) is 4.67. The first-order valence-corrected chi connectivity index (χ1v) is 6.07. The Morgan fingerprint density at radius 3 is 2.69 bits per heavy atom. The molecule has 0 amide bonds. The second-order valence-electron chi connectivity index (χ2n) is 4.21. The molecule has 84 valence electrons. The van der Waals surface area contributed by atoms with Crippen LogP contribution in [0.3, 0.4) is 0 Å². The third-order valence-corrected chi connectivity index (χ3v) is 3.39. The summed E-state index contributed by atoms with van der Waals surface area (Å²) >= 11 is 6.46. The number of fused-ring (bicyclic) bond motifs is 1. The summed E-state index contributed by atoms with van der Waals surface area (Å²) in [7, 11) is 0. The summed E-state index contributed by atoms with van der Waals surface area (Å²) in [6.07, 6.45) is 2.10. The highest BCUT2D eigenvalue weighted by Crippen LogP contribution is 2.30. The number of hydrogen-bond acceptors (Lipinski definition) is 1. The van der Waals surface area contributed by atoms with Gasteiger partial charge in [0.15, 0.2) is 0 Å². The van der Waals surface area contributed by atoms with Crippen LogP contribution in [0.2, 0.25) is 5.02 Å². The number of halogens is 1. The Morgan fingerprint density at radius 1 is 1.25 bits per heavy atom. The average Bonchev–Trinajstić information content (AvgIpc) is 2.26. The van der Waals surface area contributed by atoms with Gasteiger partial charge in [-0.15, -0.1) is 0 Å². The summed E-state index contributed by atoms with van der Waals surface area (Å²) in [6.45, 7) is 6.28. The highest BCUT2D eigenvalue weighted by molar-refractivity contribution is 6.36. The van der Waals surface area contributed by atoms with Crippen LogP contribution in [0.5, 0.6) is 0 Å². The molecule has 0 saturated heterocycles. The fraction of sp³-hybridized carbons (Fsp3) is 0.357. The van der Waals surface area contributed by atoms with Gasteiger partial charge in [0.2, 0.25) is 0 Å². The monoisotopic (exact) mass is 233 g/mol. The van der Waals surface area contributed by atoms with Gasteiger partial charge in [-0.3, -0.25) is 4.98 Å². The minimum absolute atomic E-state index is 0.882. The summed E-state index contributed by atoms with van der Waals surface area (Å²) in [6, 6.07) is 6.16. The van der Waals surface area contributed by atoms with Crippen molar-refractivity contribution in [1.82, 2.24) is 4.98 Å². The molecule has 0 unspecified atom stereocenters. The molecule has 0 fully saturated rings. The quantitative estimate of drug-likeness (QED) is 0.747. The Kier molecular flexibility index (Phi) is 3.15. The summed E-state index contributed by atoms with van der Waals surface area (Å²) in [5.41, 5.74) is 4.48. The smallest absolute Gasteiger partial charge is 0.0749 e. The molecule has 16 heavy (non-hydrogen) atoms. The molecule has 0 spiro atoms. The van der Waals surface area contributed by atoms with E-state index in [0.717, 1.165) is 34.5 Å². The van der Waals surface area contributed by atoms with Gasteiger partial charge >= 0.3 is 0 Å². The zero-order chi connectivity index (χ0) is 11.7. The van der Waals surface area contributed by atoms with Crippen LogP contribution in [0.15, 0.2) is 18.2 Å². The Balaban J connectivity index is 2.78. The lowest BCUT2D eigenvalue weighted by Gasteiger charge is -2.11. The van der Waals surface area contributed by atoms with Crippen LogP contribution >= 0.6 is 11.6 Å². The molecule has 0 radical (unpaired) electrons. The fourth-order valence-corrected chi connectivity index (χ4v) is 2.47. The maximum atomic E-state index is 6.46. The van der Waals surface area contributed by atoms with E-state index in [0.29, 0.717) is 0 Å². The molecule has 1 aromatic heterocycles. The zero-order valence-electron chi connectivity index (χ0n) is 9.97. The van der Waals surface area contributed by atoms with Crippen LogP contribution in [0.1, 0.15) is 30.2 Å². The first-order valence-electron chi connectivity index (χ1n) is 5.69. The number of rotatable bonds is 2. The molecule has 0 N–H and O–H groups in total. The SMILES string of the molecule is CCCc1c(C)nc2c(C)cccc2c1Cl. The molecule has 1 nitrogen and oxygen atoms in total. The van der Waals surface area contributed by atoms with Crippen LogP contribution in [-0.2, 0) is 6.42 Å². The molecule has 0 bridgehead atoms. The number of aromatic nitrogens is 1. The lowest BCUT2D eigenvalue weighted by Crippen LogP contribution is -1.96. The van der Waals surface area contributed by atoms with Gasteiger partial charge < -0.3 is 0 Å². The number of para-hydroxylation sites is 1. The van der Waals surface area contributed by atoms with Crippen molar-refractivity contribution in [3.05, 3.63) is 40.0 Å². The second-order valence-corrected chi connectivity index (χ2v) is 4.59. The van der Waals surface area contributed by atoms with Gasteiger partial charge in [0.05, 0.1) is 10.5 Å². The molecule has 2 heteroatoms. The molecule has 1 aromatic carbocycles. The molecule has 0 saturated carbocycles. The average molecular weight is 234 g/mol. The normalized spacial score (nSPS) is 11.0. The second kappa shape index (κ2) is 4.42. The standard InChI is InChI=1S/C14H16ClN/c1-4-6-11-10(3)16-14-9(2)7-5-8-12(14)13(11)15/h5,7-8H,4,6H2,1-3H3. The van der Waals surface area contributed by atoms with Crippen LogP contribution in [0.4, 0.5) is 0 Å². The molecule has 0 aliphatic rings. The summed E-state index contributed by atoms with van der Waals surface area (Å²) in [5, 5.41) is 1.96. The minimum atomic E-state index is 0.882. The van der Waals surface area contributed by atoms with E-state index in [1.807, 2.05) is 13.0 Å². The van der Waals surface area contributed by atoms with Crippen molar-refractivity contribution < 1.29 is 0 Å². The lowest BCUT2D eigenvalue weighted by atomic mass is 10.0. The molecular formula is C14H16ClN. The first-order chi connectivity index (χ1) is 7.65. The topological polar surface area (TPSA) is 12.9 Å². The minimum Gasteiger partial charge on any atom is -0.252 e. The molecule has 0 aliphatic heterocycles. The number of pyridine rings is 1. The fourth-order valence-electron chi connectivity index (χ4n) is 2.08. The van der Waals surface area contributed by atoms with E-state index in [4.69, 9.17) is 11.6 Å². The third kappa shape index (κ3) is 1.80. The Labute approximate surface area is 101 Å². The van der Waals surface area contributed by atoms with Crippen molar-refractivity contribution in [2.45, 2.75) is 33.6 Å². The predicted octanol–water partition coefficient (Wildman–Crippen LogP) is 4.46. The van der Waals surface area contributed by atoms with Gasteiger partial charge in [-0.05, 0) is 31.4 Å². The van der Waals surface area contributed by atoms with E-state index in [-0.39, 0.29) is 0 Å². The van der Waals surface area contributed by atoms with Gasteiger partial charge in [0, 0.05) is 11.1 Å². The lowest BCUT2D eigenvalue weighted by molar-refractivity contribution is 0.904. The third-order valence-electron chi connectivity index (χ3n) is 2.96. The largest absolute Gasteiger partial charge is 0.252 e. The molecule has 1 heterocycles. The predicted molar refractivity (Wildman–Crippen MR) is 70.2 cm³/mol. The highest BCUT2D eigenvalue weighted by Gasteiger charge is 2.10. The Bertz CT molecular complexity index is 532. The van der Waals surface area contributed by atoms with Gasteiger partial charge in [-0.2, -0.15) is 0 Å². The number of nitrogens with zero attached hydrogens (tertiary/aromatic N) is 1. The van der Waals surface area contributed by atoms with E-state index >= 15 is 0 Å². The van der Waals surface area contributed by atoms with Crippen molar-refractivity contribution in [3.8, 4) is 0 Å². The Hall–Kier alpha value is -1.08. The van der Waals surface area contributed by atoms with E-state index in [2.05, 4.69) is 31.0 Å². The van der Waals surface area contributed by atoms with Gasteiger partial charge in [-0.25, -0.2) is 0 Å². The van der Waals surface area contributed by atoms with Gasteiger partial charge in [0.1, 0.15) is 0 Å². The molecular weight excluding hydrogens is 218 g/mol. The van der Waals surface area contributed by atoms with Crippen molar-refractivity contribution in [1.29, 1.82) is 0 Å². The van der Waals surface area contributed by atoms with Crippen LogP contribution in [-0.4, -0.2) is 4.98 Å². The summed E-state index contributed by atoms with van der Waals surface area (Å²) in [5.74, 6) is 0. The highest BCUT2D eigenvalue weighted by atomic mass is 35.5. The van der Waals surface area contributed by atoms with E-state index in [1.54, 1.807) is 0 Å². The van der Waals surface area contributed by atoms with Crippen molar-refractivity contribution in [2.75, 3.05) is 0 Å². The number of benzene rings is 1. The molecule has 2 rings (SSSR count). The van der Waals surface area contributed by atoms with E-state index < -0.39 is 0 Å². The van der Waals surface area contributed by atoms with Crippen molar-refractivity contribution in [3.63, 3.8) is 0 Å².